The first-order chi connectivity index (χ1) is 19.6. The Balaban J connectivity index is 1.16. The van der Waals surface area contributed by atoms with Crippen LogP contribution in [0.2, 0.25) is 0 Å². The summed E-state index contributed by atoms with van der Waals surface area (Å²) < 4.78 is 8.01. The van der Waals surface area contributed by atoms with Crippen LogP contribution in [0.1, 0.15) is 60.8 Å². The van der Waals surface area contributed by atoms with Gasteiger partial charge in [-0.1, -0.05) is 32.9 Å². The molecule has 0 aliphatic carbocycles. The van der Waals surface area contributed by atoms with Crippen molar-refractivity contribution in [2.75, 3.05) is 56.1 Å². The number of aromatic nitrogens is 2. The maximum Gasteiger partial charge on any atom is 0.258 e. The molecule has 0 radical (unpaired) electrons. The van der Waals surface area contributed by atoms with E-state index in [0.717, 1.165) is 78.9 Å². The quantitative estimate of drug-likeness (QED) is 0.355. The Morgan fingerprint density at radius 3 is 2.41 bits per heavy atom. The number of fused-ring (bicyclic) bond motifs is 2. The summed E-state index contributed by atoms with van der Waals surface area (Å²) in [6, 6.07) is 13.7. The van der Waals surface area contributed by atoms with Crippen LogP contribution in [0.4, 0.5) is 17.2 Å². The van der Waals surface area contributed by atoms with E-state index in [2.05, 4.69) is 41.0 Å². The fourth-order valence-corrected chi connectivity index (χ4v) is 5.71. The molecule has 2 aliphatic heterocycles. The molecule has 8 nitrogen and oxygen atoms in total. The summed E-state index contributed by atoms with van der Waals surface area (Å²) in [4.78, 5) is 20.9. The Morgan fingerprint density at radius 2 is 1.71 bits per heavy atom. The van der Waals surface area contributed by atoms with Crippen LogP contribution < -0.4 is 15.0 Å². The van der Waals surface area contributed by atoms with Crippen LogP contribution >= 0.6 is 0 Å². The molecule has 1 fully saturated rings. The molecular weight excluding hydrogens is 512 g/mol. The van der Waals surface area contributed by atoms with Crippen molar-refractivity contribution in [2.24, 2.45) is 12.5 Å². The van der Waals surface area contributed by atoms with Gasteiger partial charge in [0, 0.05) is 50.9 Å². The molecule has 1 N–H and O–H groups in total. The van der Waals surface area contributed by atoms with Gasteiger partial charge in [0.05, 0.1) is 30.2 Å². The molecule has 3 aromatic rings. The standard InChI is InChI=1S/C33H46N6O2/c1-24-22-26(12-13-30(24)41-21-9-15-37-17-19-38(20-18-37)16-14-33(3,4)5)32(40)39-23-27-25(2)35-36(6)31(27)34-28-10-7-8-11-29(28)39/h7-8,10-13,22,34H,9,14-21,23H2,1-6H3. The maximum absolute atomic E-state index is 13.9. The monoisotopic (exact) mass is 558 g/mol. The predicted molar refractivity (Wildman–Crippen MR) is 166 cm³/mol. The van der Waals surface area contributed by atoms with Gasteiger partial charge in [0.2, 0.25) is 0 Å². The van der Waals surface area contributed by atoms with Gasteiger partial charge in [-0.25, -0.2) is 0 Å². The highest BCUT2D eigenvalue weighted by Gasteiger charge is 2.28. The third-order valence-electron chi connectivity index (χ3n) is 8.30. The number of carbonyl (C=O) groups is 1. The Kier molecular flexibility index (Phi) is 8.71. The molecule has 0 atom stereocenters. The Hall–Kier alpha value is -3.36. The lowest BCUT2D eigenvalue weighted by atomic mass is 9.92. The molecule has 2 aliphatic rings. The molecule has 220 valence electrons. The highest BCUT2D eigenvalue weighted by atomic mass is 16.5. The van der Waals surface area contributed by atoms with Crippen molar-refractivity contribution < 1.29 is 9.53 Å². The largest absolute Gasteiger partial charge is 0.493 e. The minimum atomic E-state index is -0.0355. The lowest BCUT2D eigenvalue weighted by molar-refractivity contribution is 0.0985. The van der Waals surface area contributed by atoms with Crippen molar-refractivity contribution in [2.45, 2.75) is 54.0 Å². The van der Waals surface area contributed by atoms with E-state index in [9.17, 15) is 4.79 Å². The van der Waals surface area contributed by atoms with Crippen LogP contribution in [0.3, 0.4) is 0 Å². The van der Waals surface area contributed by atoms with E-state index in [1.54, 1.807) is 0 Å². The normalized spacial score (nSPS) is 16.1. The predicted octanol–water partition coefficient (Wildman–Crippen LogP) is 5.76. The Bertz CT molecular complexity index is 1370. The Labute approximate surface area is 245 Å². The summed E-state index contributed by atoms with van der Waals surface area (Å²) in [7, 11) is 1.93. The number of carbonyl (C=O) groups excluding carboxylic acids is 1. The fourth-order valence-electron chi connectivity index (χ4n) is 5.71. The summed E-state index contributed by atoms with van der Waals surface area (Å²) >= 11 is 0. The molecule has 1 saturated heterocycles. The summed E-state index contributed by atoms with van der Waals surface area (Å²) in [6.07, 6.45) is 2.24. The summed E-state index contributed by atoms with van der Waals surface area (Å²) in [5, 5.41) is 8.07. The van der Waals surface area contributed by atoms with E-state index >= 15 is 0 Å². The first-order valence-electron chi connectivity index (χ1n) is 15.0. The second-order valence-electron chi connectivity index (χ2n) is 12.7. The molecule has 41 heavy (non-hydrogen) atoms. The molecule has 1 aromatic heterocycles. The Morgan fingerprint density at radius 1 is 1.00 bits per heavy atom. The first-order valence-corrected chi connectivity index (χ1v) is 15.0. The van der Waals surface area contributed by atoms with Crippen molar-refractivity contribution in [1.82, 2.24) is 19.6 Å². The number of nitrogens with zero attached hydrogens (tertiary/aromatic N) is 5. The van der Waals surface area contributed by atoms with Gasteiger partial charge >= 0.3 is 0 Å². The number of hydrogen-bond donors (Lipinski definition) is 1. The minimum absolute atomic E-state index is 0.0355. The average Bonchev–Trinajstić information content (AvgIpc) is 3.10. The average molecular weight is 559 g/mol. The summed E-state index contributed by atoms with van der Waals surface area (Å²) in [5.74, 6) is 1.73. The van der Waals surface area contributed by atoms with Crippen LogP contribution in [0.5, 0.6) is 5.75 Å². The van der Waals surface area contributed by atoms with Gasteiger partial charge in [0.1, 0.15) is 11.6 Å². The molecule has 1 amide bonds. The first kappa shape index (κ1) is 29.1. The van der Waals surface area contributed by atoms with Gasteiger partial charge in [-0.3, -0.25) is 9.48 Å². The van der Waals surface area contributed by atoms with Crippen molar-refractivity contribution in [3.8, 4) is 5.75 Å². The van der Waals surface area contributed by atoms with Crippen molar-refractivity contribution in [3.05, 3.63) is 64.8 Å². The third-order valence-corrected chi connectivity index (χ3v) is 8.30. The molecule has 8 heteroatoms. The lowest BCUT2D eigenvalue weighted by Gasteiger charge is -2.36. The summed E-state index contributed by atoms with van der Waals surface area (Å²) in [5.41, 5.74) is 5.73. The zero-order valence-corrected chi connectivity index (χ0v) is 25.7. The van der Waals surface area contributed by atoms with Gasteiger partial charge in [-0.05, 0) is 74.5 Å². The van der Waals surface area contributed by atoms with E-state index < -0.39 is 0 Å². The number of ether oxygens (including phenoxy) is 1. The van der Waals surface area contributed by atoms with Crippen LogP contribution in [0.25, 0.3) is 0 Å². The van der Waals surface area contributed by atoms with E-state index in [4.69, 9.17) is 4.74 Å². The summed E-state index contributed by atoms with van der Waals surface area (Å²) in [6.45, 7) is 18.9. The number of benzene rings is 2. The van der Waals surface area contributed by atoms with Crippen molar-refractivity contribution in [1.29, 1.82) is 0 Å². The second kappa shape index (κ2) is 12.2. The van der Waals surface area contributed by atoms with Gasteiger partial charge in [-0.15, -0.1) is 0 Å². The smallest absolute Gasteiger partial charge is 0.258 e. The third kappa shape index (κ3) is 6.93. The minimum Gasteiger partial charge on any atom is -0.493 e. The highest BCUT2D eigenvalue weighted by Crippen LogP contribution is 2.37. The van der Waals surface area contributed by atoms with Gasteiger partial charge < -0.3 is 24.8 Å². The number of anilines is 3. The van der Waals surface area contributed by atoms with Crippen LogP contribution in [-0.2, 0) is 13.6 Å². The number of piperazine rings is 1. The molecule has 3 heterocycles. The topological polar surface area (TPSA) is 65.9 Å². The molecule has 0 unspecified atom stereocenters. The van der Waals surface area contributed by atoms with Crippen molar-refractivity contribution >= 4 is 23.1 Å². The van der Waals surface area contributed by atoms with Gasteiger partial charge in [0.25, 0.3) is 5.91 Å². The molecule has 5 rings (SSSR count). The SMILES string of the molecule is Cc1cc(C(=O)N2Cc3c(C)nn(C)c3Nc3ccccc32)ccc1OCCCN1CCN(CCC(C)(C)C)CC1. The van der Waals surface area contributed by atoms with Crippen LogP contribution in [-0.4, -0.2) is 71.4 Å². The second-order valence-corrected chi connectivity index (χ2v) is 12.7. The zero-order chi connectivity index (χ0) is 29.1. The molecule has 0 bridgehead atoms. The van der Waals surface area contributed by atoms with Gasteiger partial charge in [-0.2, -0.15) is 5.10 Å². The molecule has 0 spiro atoms. The fraction of sp³-hybridized carbons (Fsp3) is 0.515. The zero-order valence-electron chi connectivity index (χ0n) is 25.7. The highest BCUT2D eigenvalue weighted by molar-refractivity contribution is 6.08. The number of aryl methyl sites for hydroxylation is 3. The van der Waals surface area contributed by atoms with Crippen LogP contribution in [0.15, 0.2) is 42.5 Å². The number of nitrogens with one attached hydrogen (secondary N) is 1. The molecular formula is C33H46N6O2. The maximum atomic E-state index is 13.9. The van der Waals surface area contributed by atoms with E-state index in [1.807, 2.05) is 72.9 Å². The lowest BCUT2D eigenvalue weighted by Crippen LogP contribution is -2.47. The number of rotatable bonds is 8. The molecule has 2 aromatic carbocycles. The number of para-hydroxylation sites is 2. The van der Waals surface area contributed by atoms with E-state index in [0.29, 0.717) is 24.1 Å². The van der Waals surface area contributed by atoms with E-state index in [-0.39, 0.29) is 5.91 Å². The number of amides is 1. The van der Waals surface area contributed by atoms with Crippen molar-refractivity contribution in [3.63, 3.8) is 0 Å². The molecule has 0 saturated carbocycles. The number of hydrogen-bond acceptors (Lipinski definition) is 6. The van der Waals surface area contributed by atoms with Gasteiger partial charge in [0.15, 0.2) is 0 Å². The van der Waals surface area contributed by atoms with Crippen LogP contribution in [0, 0.1) is 19.3 Å². The van der Waals surface area contributed by atoms with E-state index in [1.165, 1.54) is 13.0 Å².